The molecule has 0 saturated heterocycles. The summed E-state index contributed by atoms with van der Waals surface area (Å²) < 4.78 is 20.9. The highest BCUT2D eigenvalue weighted by molar-refractivity contribution is 5.36. The molecular formula is C16H21FN2O. The van der Waals surface area contributed by atoms with Crippen LogP contribution in [0.25, 0.3) is 0 Å². The number of ether oxygens (including phenoxy) is 1. The first-order valence-electron chi connectivity index (χ1n) is 6.86. The number of nitrogens with one attached hydrogen (secondary N) is 1. The van der Waals surface area contributed by atoms with Crippen LogP contribution in [0.1, 0.15) is 31.1 Å². The largest absolute Gasteiger partial charge is 0.496 e. The summed E-state index contributed by atoms with van der Waals surface area (Å²) >= 11 is 0. The molecule has 2 aromatic rings. The number of benzene rings is 1. The van der Waals surface area contributed by atoms with E-state index in [4.69, 9.17) is 4.74 Å². The van der Waals surface area contributed by atoms with Gasteiger partial charge in [-0.05, 0) is 44.2 Å². The molecule has 20 heavy (non-hydrogen) atoms. The predicted octanol–water partition coefficient (Wildman–Crippen LogP) is 3.51. The number of hydrogen-bond donors (Lipinski definition) is 1. The number of methoxy groups -OCH3 is 1. The van der Waals surface area contributed by atoms with Crippen LogP contribution in [-0.4, -0.2) is 11.7 Å². The third-order valence-electron chi connectivity index (χ3n) is 3.51. The minimum absolute atomic E-state index is 0.0147. The summed E-state index contributed by atoms with van der Waals surface area (Å²) in [6, 6.07) is 8.74. The highest BCUT2D eigenvalue weighted by Gasteiger charge is 2.12. The smallest absolute Gasteiger partial charge is 0.123 e. The van der Waals surface area contributed by atoms with Crippen molar-refractivity contribution in [1.82, 2.24) is 9.88 Å². The second kappa shape index (κ2) is 6.57. The molecule has 0 spiro atoms. The zero-order valence-corrected chi connectivity index (χ0v) is 12.2. The van der Waals surface area contributed by atoms with Gasteiger partial charge in [-0.3, -0.25) is 0 Å². The minimum Gasteiger partial charge on any atom is -0.496 e. The van der Waals surface area contributed by atoms with Crippen LogP contribution in [0.2, 0.25) is 0 Å². The maximum Gasteiger partial charge on any atom is 0.123 e. The van der Waals surface area contributed by atoms with E-state index < -0.39 is 0 Å². The molecule has 3 nitrogen and oxygen atoms in total. The molecule has 0 fully saturated rings. The highest BCUT2D eigenvalue weighted by atomic mass is 19.1. The van der Waals surface area contributed by atoms with Gasteiger partial charge >= 0.3 is 0 Å². The van der Waals surface area contributed by atoms with Crippen molar-refractivity contribution in [1.29, 1.82) is 0 Å². The first-order chi connectivity index (χ1) is 9.65. The maximum atomic E-state index is 13.4. The van der Waals surface area contributed by atoms with Crippen molar-refractivity contribution in [2.45, 2.75) is 33.0 Å². The van der Waals surface area contributed by atoms with Crippen LogP contribution in [0.5, 0.6) is 5.75 Å². The van der Waals surface area contributed by atoms with Crippen molar-refractivity contribution in [2.75, 3.05) is 7.11 Å². The second-order valence-corrected chi connectivity index (χ2v) is 4.77. The lowest BCUT2D eigenvalue weighted by Gasteiger charge is -2.18. The van der Waals surface area contributed by atoms with Gasteiger partial charge in [0, 0.05) is 36.6 Å². The number of hydrogen-bond acceptors (Lipinski definition) is 2. The molecular weight excluding hydrogens is 255 g/mol. The van der Waals surface area contributed by atoms with Gasteiger partial charge in [0.25, 0.3) is 0 Å². The summed E-state index contributed by atoms with van der Waals surface area (Å²) in [5.74, 6) is 0.462. The topological polar surface area (TPSA) is 26.2 Å². The normalized spacial score (nSPS) is 12.4. The van der Waals surface area contributed by atoms with Gasteiger partial charge in [0.15, 0.2) is 0 Å². The van der Waals surface area contributed by atoms with E-state index in [0.29, 0.717) is 5.75 Å². The van der Waals surface area contributed by atoms with E-state index in [-0.39, 0.29) is 11.9 Å². The van der Waals surface area contributed by atoms with E-state index >= 15 is 0 Å². The molecule has 1 aromatic carbocycles. The summed E-state index contributed by atoms with van der Waals surface area (Å²) in [5, 5.41) is 3.41. The lowest BCUT2D eigenvalue weighted by molar-refractivity contribution is 0.399. The average molecular weight is 276 g/mol. The standard InChI is InChI=1S/C16H21FN2O/c1-4-19-9-5-6-14(19)11-18-12(2)15-10-13(17)7-8-16(15)20-3/h5-10,12,18H,4,11H2,1-3H3. The lowest BCUT2D eigenvalue weighted by Crippen LogP contribution is -2.20. The summed E-state index contributed by atoms with van der Waals surface area (Å²) in [7, 11) is 1.60. The van der Waals surface area contributed by atoms with Crippen molar-refractivity contribution in [3.8, 4) is 5.75 Å². The van der Waals surface area contributed by atoms with Crippen LogP contribution in [0, 0.1) is 5.82 Å². The molecule has 0 aliphatic rings. The Hall–Kier alpha value is -1.81. The van der Waals surface area contributed by atoms with E-state index in [2.05, 4.69) is 29.1 Å². The average Bonchev–Trinajstić information content (AvgIpc) is 2.92. The number of rotatable bonds is 6. The number of halogens is 1. The van der Waals surface area contributed by atoms with Gasteiger partial charge in [-0.1, -0.05) is 0 Å². The molecule has 0 bridgehead atoms. The molecule has 0 aliphatic carbocycles. The van der Waals surface area contributed by atoms with E-state index in [9.17, 15) is 4.39 Å². The third kappa shape index (κ3) is 3.20. The Bertz CT molecular complexity index is 565. The molecule has 1 N–H and O–H groups in total. The molecule has 0 amide bonds. The van der Waals surface area contributed by atoms with Crippen LogP contribution in [0.4, 0.5) is 4.39 Å². The van der Waals surface area contributed by atoms with Crippen molar-refractivity contribution in [3.63, 3.8) is 0 Å². The summed E-state index contributed by atoms with van der Waals surface area (Å²) in [6.45, 7) is 5.81. The molecule has 0 saturated carbocycles. The summed E-state index contributed by atoms with van der Waals surface area (Å²) in [5.41, 5.74) is 2.05. The Morgan fingerprint density at radius 3 is 2.85 bits per heavy atom. The number of aromatic nitrogens is 1. The molecule has 4 heteroatoms. The predicted molar refractivity (Wildman–Crippen MR) is 78.3 cm³/mol. The van der Waals surface area contributed by atoms with Gasteiger partial charge in [0.2, 0.25) is 0 Å². The Kier molecular flexibility index (Phi) is 4.79. The third-order valence-corrected chi connectivity index (χ3v) is 3.51. The Balaban J connectivity index is 2.08. The number of nitrogens with zero attached hydrogens (tertiary/aromatic N) is 1. The van der Waals surface area contributed by atoms with Crippen LogP contribution < -0.4 is 10.1 Å². The molecule has 2 rings (SSSR count). The zero-order chi connectivity index (χ0) is 14.5. The maximum absolute atomic E-state index is 13.4. The molecule has 0 radical (unpaired) electrons. The Labute approximate surface area is 119 Å². The molecule has 1 heterocycles. The van der Waals surface area contributed by atoms with E-state index in [1.165, 1.54) is 17.8 Å². The van der Waals surface area contributed by atoms with E-state index in [1.54, 1.807) is 13.2 Å². The van der Waals surface area contributed by atoms with Gasteiger partial charge in [-0.15, -0.1) is 0 Å². The quantitative estimate of drug-likeness (QED) is 0.874. The SMILES string of the molecule is CCn1cccc1CNC(C)c1cc(F)ccc1OC. The van der Waals surface area contributed by atoms with Gasteiger partial charge < -0.3 is 14.6 Å². The summed E-state index contributed by atoms with van der Waals surface area (Å²) in [6.07, 6.45) is 2.06. The first kappa shape index (κ1) is 14.6. The summed E-state index contributed by atoms with van der Waals surface area (Å²) in [4.78, 5) is 0. The molecule has 1 aromatic heterocycles. The van der Waals surface area contributed by atoms with Gasteiger partial charge in [-0.2, -0.15) is 0 Å². The number of aryl methyl sites for hydroxylation is 1. The first-order valence-corrected chi connectivity index (χ1v) is 6.86. The van der Waals surface area contributed by atoms with Crippen molar-refractivity contribution >= 4 is 0 Å². The van der Waals surface area contributed by atoms with E-state index in [1.807, 2.05) is 13.0 Å². The van der Waals surface area contributed by atoms with E-state index in [0.717, 1.165) is 18.7 Å². The van der Waals surface area contributed by atoms with Gasteiger partial charge in [0.05, 0.1) is 7.11 Å². The zero-order valence-electron chi connectivity index (χ0n) is 12.2. The molecule has 1 unspecified atom stereocenters. The van der Waals surface area contributed by atoms with Crippen LogP contribution in [0.15, 0.2) is 36.5 Å². The van der Waals surface area contributed by atoms with Gasteiger partial charge in [0.1, 0.15) is 11.6 Å². The van der Waals surface area contributed by atoms with Crippen molar-refractivity contribution in [3.05, 3.63) is 53.6 Å². The van der Waals surface area contributed by atoms with Crippen molar-refractivity contribution < 1.29 is 9.13 Å². The highest BCUT2D eigenvalue weighted by Crippen LogP contribution is 2.26. The Morgan fingerprint density at radius 2 is 2.15 bits per heavy atom. The second-order valence-electron chi connectivity index (χ2n) is 4.77. The fraction of sp³-hybridized carbons (Fsp3) is 0.375. The molecule has 0 aliphatic heterocycles. The molecule has 108 valence electrons. The van der Waals surface area contributed by atoms with Gasteiger partial charge in [-0.25, -0.2) is 4.39 Å². The van der Waals surface area contributed by atoms with Crippen LogP contribution >= 0.6 is 0 Å². The minimum atomic E-state index is -0.244. The monoisotopic (exact) mass is 276 g/mol. The van der Waals surface area contributed by atoms with Crippen molar-refractivity contribution in [2.24, 2.45) is 0 Å². The lowest BCUT2D eigenvalue weighted by atomic mass is 10.1. The Morgan fingerprint density at radius 1 is 1.35 bits per heavy atom. The molecule has 1 atom stereocenters. The van der Waals surface area contributed by atoms with Crippen LogP contribution in [-0.2, 0) is 13.1 Å². The fourth-order valence-corrected chi connectivity index (χ4v) is 2.33. The van der Waals surface area contributed by atoms with Crippen LogP contribution in [0.3, 0.4) is 0 Å². The fourth-order valence-electron chi connectivity index (χ4n) is 2.33.